The summed E-state index contributed by atoms with van der Waals surface area (Å²) in [7, 11) is 0. The molecule has 104 valence electrons. The smallest absolute Gasteiger partial charge is 0.303 e. The zero-order chi connectivity index (χ0) is 14.3. The van der Waals surface area contributed by atoms with Gasteiger partial charge in [-0.1, -0.05) is 12.1 Å². The molecule has 0 aliphatic heterocycles. The van der Waals surface area contributed by atoms with Crippen molar-refractivity contribution in [2.24, 2.45) is 0 Å². The molecule has 1 aromatic heterocycles. The van der Waals surface area contributed by atoms with Crippen molar-refractivity contribution in [1.29, 1.82) is 0 Å². The Kier molecular flexibility index (Phi) is 2.93. The van der Waals surface area contributed by atoms with Crippen molar-refractivity contribution in [2.45, 2.75) is 32.3 Å². The van der Waals surface area contributed by atoms with Gasteiger partial charge in [0.15, 0.2) is 6.10 Å². The first-order valence-corrected chi connectivity index (χ1v) is 6.53. The molecule has 0 saturated heterocycles. The van der Waals surface area contributed by atoms with E-state index in [-0.39, 0.29) is 5.69 Å². The van der Waals surface area contributed by atoms with Gasteiger partial charge in [0, 0.05) is 17.9 Å². The molecule has 1 aromatic carbocycles. The lowest BCUT2D eigenvalue weighted by molar-refractivity contribution is -0.483. The lowest BCUT2D eigenvalue weighted by Crippen LogP contribution is -2.34. The molecule has 1 aliphatic rings. The Labute approximate surface area is 114 Å². The van der Waals surface area contributed by atoms with Crippen molar-refractivity contribution in [3.05, 3.63) is 45.8 Å². The van der Waals surface area contributed by atoms with Crippen LogP contribution in [0.4, 0.5) is 0 Å². The molecule has 1 heterocycles. The zero-order valence-electron chi connectivity index (χ0n) is 11.0. The summed E-state index contributed by atoms with van der Waals surface area (Å²) < 4.78 is 6.70. The van der Waals surface area contributed by atoms with Gasteiger partial charge < -0.3 is 14.7 Å². The third-order valence-corrected chi connectivity index (χ3v) is 3.57. The fraction of sp³-hybridized carbons (Fsp3) is 0.357. The maximum atomic E-state index is 12.5. The Morgan fingerprint density at radius 1 is 1.45 bits per heavy atom. The summed E-state index contributed by atoms with van der Waals surface area (Å²) in [6.07, 6.45) is 1.15. The molecule has 6 nitrogen and oxygen atoms in total. The van der Waals surface area contributed by atoms with E-state index in [4.69, 9.17) is 4.74 Å². The van der Waals surface area contributed by atoms with Gasteiger partial charge in [0.05, 0.1) is 10.1 Å². The number of carbonyl (C=O) groups is 1. The number of carbonyl (C=O) groups excluding carboxylic acids is 1. The van der Waals surface area contributed by atoms with Crippen molar-refractivity contribution < 1.29 is 14.0 Å². The Bertz CT molecular complexity index is 751. The number of para-hydroxylation sites is 2. The molecule has 0 fully saturated rings. The minimum absolute atomic E-state index is 0.264. The second-order valence-corrected chi connectivity index (χ2v) is 4.90. The standard InChI is InChI=1S/C14H14N2O4/c1-9(17)20-13-8-4-7-12-14(13)16(19)11-6-3-2-5-10(11)15(12)18/h2-3,5-6,13H,4,7-8H2,1H3. The Balaban J connectivity index is 2.31. The van der Waals surface area contributed by atoms with E-state index in [0.29, 0.717) is 36.0 Å². The summed E-state index contributed by atoms with van der Waals surface area (Å²) in [5.41, 5.74) is 1.29. The quantitative estimate of drug-likeness (QED) is 0.587. The molecule has 1 atom stereocenters. The highest BCUT2D eigenvalue weighted by atomic mass is 16.5. The van der Waals surface area contributed by atoms with Crippen LogP contribution in [-0.4, -0.2) is 10.7 Å². The lowest BCUT2D eigenvalue weighted by atomic mass is 9.97. The molecule has 0 bridgehead atoms. The number of hydrogen-bond acceptors (Lipinski definition) is 4. The van der Waals surface area contributed by atoms with Gasteiger partial charge in [0.1, 0.15) is 5.52 Å². The predicted molar refractivity (Wildman–Crippen MR) is 71.5 cm³/mol. The van der Waals surface area contributed by atoms with Crippen LogP contribution in [0.1, 0.15) is 37.3 Å². The third-order valence-electron chi connectivity index (χ3n) is 3.57. The number of benzene rings is 1. The summed E-state index contributed by atoms with van der Waals surface area (Å²) >= 11 is 0. The van der Waals surface area contributed by atoms with Gasteiger partial charge in [-0.25, -0.2) is 0 Å². The minimum atomic E-state index is -0.640. The van der Waals surface area contributed by atoms with E-state index >= 15 is 0 Å². The Hall–Kier alpha value is -2.37. The van der Waals surface area contributed by atoms with Crippen LogP contribution < -0.4 is 4.43 Å². The highest BCUT2D eigenvalue weighted by molar-refractivity contribution is 5.72. The summed E-state index contributed by atoms with van der Waals surface area (Å²) in [6, 6.07) is 6.63. The van der Waals surface area contributed by atoms with Gasteiger partial charge >= 0.3 is 5.97 Å². The monoisotopic (exact) mass is 274 g/mol. The molecule has 20 heavy (non-hydrogen) atoms. The fourth-order valence-corrected chi connectivity index (χ4v) is 2.76. The van der Waals surface area contributed by atoms with E-state index in [9.17, 15) is 14.9 Å². The predicted octanol–water partition coefficient (Wildman–Crippen LogP) is 1.84. The van der Waals surface area contributed by atoms with Crippen molar-refractivity contribution in [3.8, 4) is 0 Å². The van der Waals surface area contributed by atoms with Crippen LogP contribution in [0, 0.1) is 10.1 Å². The van der Waals surface area contributed by atoms with Crippen LogP contribution in [0.5, 0.6) is 0 Å². The molecule has 1 aliphatic carbocycles. The summed E-state index contributed by atoms with van der Waals surface area (Å²) in [5, 5.41) is 12.4. The van der Waals surface area contributed by atoms with E-state index in [1.165, 1.54) is 6.92 Å². The normalized spacial score (nSPS) is 17.8. The number of esters is 1. The molecule has 0 radical (unpaired) electrons. The first kappa shape index (κ1) is 12.7. The molecule has 0 amide bonds. The van der Waals surface area contributed by atoms with Crippen LogP contribution in [0.15, 0.2) is 24.3 Å². The van der Waals surface area contributed by atoms with Crippen LogP contribution >= 0.6 is 0 Å². The van der Waals surface area contributed by atoms with Gasteiger partial charge in [-0.15, -0.1) is 0 Å². The average molecular weight is 274 g/mol. The number of aromatic nitrogens is 2. The first-order valence-electron chi connectivity index (χ1n) is 6.53. The molecular formula is C14H14N2O4. The van der Waals surface area contributed by atoms with E-state index < -0.39 is 12.1 Å². The van der Waals surface area contributed by atoms with Gasteiger partial charge in [-0.05, 0) is 25.3 Å². The van der Waals surface area contributed by atoms with E-state index in [1.54, 1.807) is 24.3 Å². The van der Waals surface area contributed by atoms with Crippen LogP contribution in [0.3, 0.4) is 0 Å². The first-order chi connectivity index (χ1) is 9.59. The van der Waals surface area contributed by atoms with Crippen LogP contribution in [-0.2, 0) is 16.0 Å². The van der Waals surface area contributed by atoms with Gasteiger partial charge in [-0.3, -0.25) is 4.79 Å². The zero-order valence-corrected chi connectivity index (χ0v) is 11.0. The highest BCUT2D eigenvalue weighted by Crippen LogP contribution is 2.31. The van der Waals surface area contributed by atoms with Crippen molar-refractivity contribution in [2.75, 3.05) is 0 Å². The Morgan fingerprint density at radius 3 is 2.95 bits per heavy atom. The average Bonchev–Trinajstić information content (AvgIpc) is 2.44. The second-order valence-electron chi connectivity index (χ2n) is 4.90. The van der Waals surface area contributed by atoms with Gasteiger partial charge in [-0.2, -0.15) is 0 Å². The summed E-state index contributed by atoms with van der Waals surface area (Å²) in [4.78, 5) is 23.7. The third kappa shape index (κ3) is 1.84. The number of hydrogen-bond donors (Lipinski definition) is 0. The molecule has 1 unspecified atom stereocenters. The molecule has 6 heteroatoms. The van der Waals surface area contributed by atoms with E-state index in [0.717, 1.165) is 9.16 Å². The maximum Gasteiger partial charge on any atom is 0.303 e. The number of rotatable bonds is 1. The van der Waals surface area contributed by atoms with E-state index in [1.807, 2.05) is 0 Å². The maximum absolute atomic E-state index is 12.5. The largest absolute Gasteiger partial charge is 0.805 e. The summed E-state index contributed by atoms with van der Waals surface area (Å²) in [6.45, 7) is 1.30. The molecule has 0 saturated carbocycles. The molecule has 0 N–H and O–H groups in total. The highest BCUT2D eigenvalue weighted by Gasteiger charge is 2.35. The summed E-state index contributed by atoms with van der Waals surface area (Å²) in [5.74, 6) is -0.451. The lowest BCUT2D eigenvalue weighted by Gasteiger charge is -2.25. The van der Waals surface area contributed by atoms with Gasteiger partial charge in [0.2, 0.25) is 0 Å². The SMILES string of the molecule is CC(=O)OC1CCCc2c1[n+](=O)c1ccccc1n2[O-]. The van der Waals surface area contributed by atoms with Gasteiger partial charge in [0.25, 0.3) is 11.2 Å². The van der Waals surface area contributed by atoms with E-state index in [2.05, 4.69) is 0 Å². The van der Waals surface area contributed by atoms with Crippen LogP contribution in [0.25, 0.3) is 11.0 Å². The fourth-order valence-electron chi connectivity index (χ4n) is 2.76. The Morgan fingerprint density at radius 2 is 2.20 bits per heavy atom. The number of nitrogens with zero attached hydrogens (tertiary/aromatic N) is 2. The van der Waals surface area contributed by atoms with Crippen LogP contribution in [0.2, 0.25) is 0 Å². The van der Waals surface area contributed by atoms with Crippen molar-refractivity contribution >= 4 is 17.0 Å². The molecule has 3 rings (SSSR count). The minimum Gasteiger partial charge on any atom is -0.805 e. The number of fused-ring (bicyclic) bond motifs is 2. The second kappa shape index (κ2) is 4.63. The van der Waals surface area contributed by atoms with Crippen molar-refractivity contribution in [3.63, 3.8) is 0 Å². The molecule has 2 aromatic rings. The number of ether oxygens (including phenoxy) is 1. The molecular weight excluding hydrogens is 260 g/mol. The topological polar surface area (TPSA) is 77.3 Å². The van der Waals surface area contributed by atoms with Crippen molar-refractivity contribution in [1.82, 2.24) is 4.73 Å². The molecule has 0 spiro atoms.